The molecule has 0 saturated heterocycles. The molecule has 0 amide bonds. The highest BCUT2D eigenvalue weighted by atomic mass is 16.3. The molecule has 0 aromatic carbocycles. The molecule has 0 bridgehead atoms. The van der Waals surface area contributed by atoms with E-state index in [1.54, 1.807) is 0 Å². The average Bonchev–Trinajstić information content (AvgIpc) is 1.78. The summed E-state index contributed by atoms with van der Waals surface area (Å²) in [5.74, 6) is 0. The van der Waals surface area contributed by atoms with Gasteiger partial charge in [-0.05, 0) is 40.0 Å². The van der Waals surface area contributed by atoms with Gasteiger partial charge >= 0.3 is 0 Å². The first-order valence-electron chi connectivity index (χ1n) is 3.90. The molecule has 0 saturated carbocycles. The molecule has 0 aliphatic rings. The van der Waals surface area contributed by atoms with Gasteiger partial charge in [-0.15, -0.1) is 0 Å². The Morgan fingerprint density at radius 1 is 1.40 bits per heavy atom. The number of hydrogen-bond donors (Lipinski definition) is 1. The first kappa shape index (κ1) is 9.70. The number of rotatable bonds is 4. The summed E-state index contributed by atoms with van der Waals surface area (Å²) in [4.78, 5) is 0. The lowest BCUT2D eigenvalue weighted by molar-refractivity contribution is 0.0691. The van der Waals surface area contributed by atoms with E-state index < -0.39 is 5.60 Å². The van der Waals surface area contributed by atoms with E-state index in [4.69, 9.17) is 0 Å². The lowest BCUT2D eigenvalue weighted by atomic mass is 10.0. The molecule has 10 heavy (non-hydrogen) atoms. The van der Waals surface area contributed by atoms with Crippen molar-refractivity contribution in [1.29, 1.82) is 0 Å². The Hall–Kier alpha value is -0.300. The zero-order valence-corrected chi connectivity index (χ0v) is 7.22. The van der Waals surface area contributed by atoms with Gasteiger partial charge in [0.2, 0.25) is 0 Å². The van der Waals surface area contributed by atoms with Crippen molar-refractivity contribution >= 4 is 0 Å². The standard InChI is InChI=1S/C9H18O/c1-4-5-6-7-8-9(2,3)10/h4-5,10H,6-8H2,1-3H3. The summed E-state index contributed by atoms with van der Waals surface area (Å²) < 4.78 is 0. The number of allylic oxidation sites excluding steroid dienone is 2. The fraction of sp³-hybridized carbons (Fsp3) is 0.778. The second kappa shape index (κ2) is 4.51. The van der Waals surface area contributed by atoms with Crippen molar-refractivity contribution in [2.45, 2.75) is 45.6 Å². The van der Waals surface area contributed by atoms with E-state index in [1.165, 1.54) is 0 Å². The first-order chi connectivity index (χ1) is 4.56. The molecule has 0 heterocycles. The minimum absolute atomic E-state index is 0.485. The van der Waals surface area contributed by atoms with Crippen molar-refractivity contribution in [3.8, 4) is 0 Å². The molecule has 0 aromatic heterocycles. The van der Waals surface area contributed by atoms with Crippen LogP contribution in [0.1, 0.15) is 40.0 Å². The number of hydrogen-bond acceptors (Lipinski definition) is 1. The Bertz CT molecular complexity index is 97.8. The van der Waals surface area contributed by atoms with Gasteiger partial charge in [0, 0.05) is 0 Å². The van der Waals surface area contributed by atoms with E-state index in [9.17, 15) is 5.11 Å². The second-order valence-corrected chi connectivity index (χ2v) is 3.27. The summed E-state index contributed by atoms with van der Waals surface area (Å²) in [6.07, 6.45) is 7.22. The van der Waals surface area contributed by atoms with E-state index in [0.29, 0.717) is 0 Å². The van der Waals surface area contributed by atoms with Crippen LogP contribution >= 0.6 is 0 Å². The topological polar surface area (TPSA) is 20.2 Å². The van der Waals surface area contributed by atoms with Crippen LogP contribution < -0.4 is 0 Å². The van der Waals surface area contributed by atoms with E-state index in [1.807, 2.05) is 26.8 Å². The Morgan fingerprint density at radius 2 is 2.00 bits per heavy atom. The SMILES string of the molecule is CC=CCCCC(C)(C)O. The number of unbranched alkanes of at least 4 members (excludes halogenated alkanes) is 1. The minimum Gasteiger partial charge on any atom is -0.390 e. The van der Waals surface area contributed by atoms with Crippen LogP contribution in [0.3, 0.4) is 0 Å². The zero-order chi connectivity index (χ0) is 8.04. The van der Waals surface area contributed by atoms with Gasteiger partial charge in [0.25, 0.3) is 0 Å². The lowest BCUT2D eigenvalue weighted by Gasteiger charge is -2.15. The van der Waals surface area contributed by atoms with Crippen LogP contribution in [0.5, 0.6) is 0 Å². The van der Waals surface area contributed by atoms with Gasteiger partial charge in [-0.2, -0.15) is 0 Å². The predicted molar refractivity (Wildman–Crippen MR) is 45.0 cm³/mol. The summed E-state index contributed by atoms with van der Waals surface area (Å²) in [6.45, 7) is 5.72. The quantitative estimate of drug-likeness (QED) is 0.472. The smallest absolute Gasteiger partial charge is 0.0591 e. The number of aliphatic hydroxyl groups is 1. The molecule has 0 unspecified atom stereocenters. The molecule has 1 nitrogen and oxygen atoms in total. The third-order valence-corrected chi connectivity index (χ3v) is 1.40. The van der Waals surface area contributed by atoms with Crippen LogP contribution in [0.25, 0.3) is 0 Å². The van der Waals surface area contributed by atoms with E-state index in [0.717, 1.165) is 19.3 Å². The lowest BCUT2D eigenvalue weighted by Crippen LogP contribution is -2.17. The molecule has 0 aliphatic heterocycles. The van der Waals surface area contributed by atoms with Crippen molar-refractivity contribution in [1.82, 2.24) is 0 Å². The molecule has 0 rings (SSSR count). The van der Waals surface area contributed by atoms with E-state index >= 15 is 0 Å². The Labute approximate surface area is 63.8 Å². The summed E-state index contributed by atoms with van der Waals surface area (Å²) >= 11 is 0. The largest absolute Gasteiger partial charge is 0.390 e. The highest BCUT2D eigenvalue weighted by Gasteiger charge is 2.09. The minimum atomic E-state index is -0.485. The molecule has 1 N–H and O–H groups in total. The van der Waals surface area contributed by atoms with Gasteiger partial charge < -0.3 is 5.11 Å². The molecule has 0 fully saturated rings. The van der Waals surface area contributed by atoms with Crippen molar-refractivity contribution in [2.24, 2.45) is 0 Å². The molecule has 1 heteroatoms. The van der Waals surface area contributed by atoms with Gasteiger partial charge in [0.15, 0.2) is 0 Å². The van der Waals surface area contributed by atoms with Crippen molar-refractivity contribution in [3.05, 3.63) is 12.2 Å². The average molecular weight is 142 g/mol. The van der Waals surface area contributed by atoms with Crippen molar-refractivity contribution in [2.75, 3.05) is 0 Å². The maximum Gasteiger partial charge on any atom is 0.0591 e. The van der Waals surface area contributed by atoms with Crippen LogP contribution in [-0.2, 0) is 0 Å². The second-order valence-electron chi connectivity index (χ2n) is 3.27. The highest BCUT2D eigenvalue weighted by molar-refractivity contribution is 4.77. The molecule has 0 atom stereocenters. The fourth-order valence-corrected chi connectivity index (χ4v) is 0.819. The van der Waals surface area contributed by atoms with E-state index in [2.05, 4.69) is 6.08 Å². The Morgan fingerprint density at radius 3 is 2.40 bits per heavy atom. The summed E-state index contributed by atoms with van der Waals surface area (Å²) in [6, 6.07) is 0. The normalized spacial score (nSPS) is 12.8. The van der Waals surface area contributed by atoms with Crippen molar-refractivity contribution < 1.29 is 5.11 Å². The Balaban J connectivity index is 3.20. The maximum absolute atomic E-state index is 9.29. The van der Waals surface area contributed by atoms with Crippen LogP contribution in [0.15, 0.2) is 12.2 Å². The third-order valence-electron chi connectivity index (χ3n) is 1.40. The Kier molecular flexibility index (Phi) is 4.37. The first-order valence-corrected chi connectivity index (χ1v) is 3.90. The molecule has 0 spiro atoms. The van der Waals surface area contributed by atoms with Gasteiger partial charge in [0.1, 0.15) is 0 Å². The zero-order valence-electron chi connectivity index (χ0n) is 7.22. The summed E-state index contributed by atoms with van der Waals surface area (Å²) in [5.41, 5.74) is -0.485. The molecule has 0 aliphatic carbocycles. The molecular weight excluding hydrogens is 124 g/mol. The van der Waals surface area contributed by atoms with Gasteiger partial charge in [-0.25, -0.2) is 0 Å². The molecule has 0 aromatic rings. The monoisotopic (exact) mass is 142 g/mol. The van der Waals surface area contributed by atoms with Crippen molar-refractivity contribution in [3.63, 3.8) is 0 Å². The van der Waals surface area contributed by atoms with Gasteiger partial charge in [0.05, 0.1) is 5.60 Å². The summed E-state index contributed by atoms with van der Waals surface area (Å²) in [7, 11) is 0. The van der Waals surface area contributed by atoms with Gasteiger partial charge in [-0.1, -0.05) is 12.2 Å². The van der Waals surface area contributed by atoms with Crippen LogP contribution in [-0.4, -0.2) is 10.7 Å². The van der Waals surface area contributed by atoms with Crippen LogP contribution in [0, 0.1) is 0 Å². The molecule has 60 valence electrons. The van der Waals surface area contributed by atoms with Crippen LogP contribution in [0.4, 0.5) is 0 Å². The van der Waals surface area contributed by atoms with E-state index in [-0.39, 0.29) is 0 Å². The van der Waals surface area contributed by atoms with Gasteiger partial charge in [-0.3, -0.25) is 0 Å². The highest BCUT2D eigenvalue weighted by Crippen LogP contribution is 2.11. The van der Waals surface area contributed by atoms with Crippen LogP contribution in [0.2, 0.25) is 0 Å². The fourth-order valence-electron chi connectivity index (χ4n) is 0.819. The maximum atomic E-state index is 9.29. The summed E-state index contributed by atoms with van der Waals surface area (Å²) in [5, 5.41) is 9.29. The third kappa shape index (κ3) is 7.70. The molecule has 0 radical (unpaired) electrons. The molecular formula is C9H18O. The predicted octanol–water partition coefficient (Wildman–Crippen LogP) is 2.50.